The maximum atomic E-state index is 11.9. The van der Waals surface area contributed by atoms with Gasteiger partial charge in [-0.2, -0.15) is 0 Å². The number of rotatable bonds is 8. The lowest BCUT2D eigenvalue weighted by Gasteiger charge is -2.32. The van der Waals surface area contributed by atoms with Gasteiger partial charge in [-0.3, -0.25) is 4.79 Å². The zero-order chi connectivity index (χ0) is 22.6. The molecular formula is C22H35N5O4. The minimum atomic E-state index is -0.266. The molecule has 0 radical (unpaired) electrons. The predicted molar refractivity (Wildman–Crippen MR) is 120 cm³/mol. The Kier molecular flexibility index (Phi) is 9.93. The molecule has 31 heavy (non-hydrogen) atoms. The third-order valence-electron chi connectivity index (χ3n) is 4.92. The molecule has 9 heteroatoms. The number of carbonyl (C=O) groups is 2. The van der Waals surface area contributed by atoms with Crippen LogP contribution in [0.4, 0.5) is 4.79 Å². The van der Waals surface area contributed by atoms with Crippen molar-refractivity contribution in [1.82, 2.24) is 20.4 Å². The molecule has 0 aliphatic carbocycles. The van der Waals surface area contributed by atoms with Crippen LogP contribution in [0, 0.1) is 6.92 Å². The highest BCUT2D eigenvalue weighted by Gasteiger charge is 2.24. The second-order valence-corrected chi connectivity index (χ2v) is 7.65. The van der Waals surface area contributed by atoms with Gasteiger partial charge in [0.2, 0.25) is 5.91 Å². The number of aryl methyl sites for hydroxylation is 1. The van der Waals surface area contributed by atoms with Crippen LogP contribution in [0.25, 0.3) is 0 Å². The zero-order valence-electron chi connectivity index (χ0n) is 19.0. The number of nitrogens with zero attached hydrogens (tertiary/aromatic N) is 3. The molecule has 0 unspecified atom stereocenters. The van der Waals surface area contributed by atoms with E-state index in [0.29, 0.717) is 38.8 Å². The molecule has 1 saturated heterocycles. The SMILES string of the molecule is CCOC(=O)N1CCC(NC(=NCC(=O)N(C)C)NCCOc2ccc(C)cc2)CC1. The van der Waals surface area contributed by atoms with Gasteiger partial charge in [-0.1, -0.05) is 17.7 Å². The maximum absolute atomic E-state index is 11.9. The fraction of sp³-hybridized carbons (Fsp3) is 0.591. The smallest absolute Gasteiger partial charge is 0.409 e. The van der Waals surface area contributed by atoms with Gasteiger partial charge in [0.1, 0.15) is 18.9 Å². The number of benzene rings is 1. The van der Waals surface area contributed by atoms with Gasteiger partial charge in [0.15, 0.2) is 5.96 Å². The van der Waals surface area contributed by atoms with Crippen LogP contribution in [0.3, 0.4) is 0 Å². The molecule has 2 amide bonds. The Labute approximate surface area is 184 Å². The molecule has 1 aromatic rings. The van der Waals surface area contributed by atoms with E-state index in [0.717, 1.165) is 18.6 Å². The van der Waals surface area contributed by atoms with Gasteiger partial charge in [0.25, 0.3) is 0 Å². The summed E-state index contributed by atoms with van der Waals surface area (Å²) in [5.74, 6) is 1.30. The minimum Gasteiger partial charge on any atom is -0.492 e. The summed E-state index contributed by atoms with van der Waals surface area (Å²) < 4.78 is 10.8. The first-order valence-electron chi connectivity index (χ1n) is 10.7. The summed E-state index contributed by atoms with van der Waals surface area (Å²) in [5.41, 5.74) is 1.18. The number of nitrogens with one attached hydrogen (secondary N) is 2. The Morgan fingerprint density at radius 1 is 1.19 bits per heavy atom. The quantitative estimate of drug-likeness (QED) is 0.368. The first-order valence-corrected chi connectivity index (χ1v) is 10.7. The summed E-state index contributed by atoms with van der Waals surface area (Å²) in [4.78, 5) is 31.5. The molecule has 1 aliphatic heterocycles. The van der Waals surface area contributed by atoms with E-state index in [9.17, 15) is 9.59 Å². The number of guanidine groups is 1. The molecule has 9 nitrogen and oxygen atoms in total. The number of carbonyl (C=O) groups excluding carboxylic acids is 2. The molecule has 2 rings (SSSR count). The first-order chi connectivity index (χ1) is 14.9. The molecule has 0 spiro atoms. The Morgan fingerprint density at radius 3 is 2.48 bits per heavy atom. The molecule has 0 aromatic heterocycles. The van der Waals surface area contributed by atoms with Crippen molar-refractivity contribution in [2.45, 2.75) is 32.7 Å². The normalized spacial score (nSPS) is 14.7. The lowest BCUT2D eigenvalue weighted by molar-refractivity contribution is -0.127. The second-order valence-electron chi connectivity index (χ2n) is 7.65. The van der Waals surface area contributed by atoms with Crippen LogP contribution >= 0.6 is 0 Å². The van der Waals surface area contributed by atoms with Crippen molar-refractivity contribution in [2.24, 2.45) is 4.99 Å². The molecule has 0 bridgehead atoms. The number of ether oxygens (including phenoxy) is 2. The zero-order valence-corrected chi connectivity index (χ0v) is 19.0. The van der Waals surface area contributed by atoms with Crippen LogP contribution in [0.5, 0.6) is 5.75 Å². The molecule has 1 aromatic carbocycles. The van der Waals surface area contributed by atoms with Gasteiger partial charge < -0.3 is 29.9 Å². The molecule has 1 fully saturated rings. The maximum Gasteiger partial charge on any atom is 0.409 e. The first kappa shape index (κ1) is 24.3. The molecule has 1 heterocycles. The average molecular weight is 434 g/mol. The van der Waals surface area contributed by atoms with Crippen LogP contribution < -0.4 is 15.4 Å². The highest BCUT2D eigenvalue weighted by atomic mass is 16.6. The van der Waals surface area contributed by atoms with Crippen molar-refractivity contribution in [3.05, 3.63) is 29.8 Å². The summed E-state index contributed by atoms with van der Waals surface area (Å²) in [6.45, 7) is 6.52. The number of hydrogen-bond donors (Lipinski definition) is 2. The molecular weight excluding hydrogens is 398 g/mol. The van der Waals surface area contributed by atoms with Crippen LogP contribution in [0.1, 0.15) is 25.3 Å². The molecule has 0 atom stereocenters. The third-order valence-corrected chi connectivity index (χ3v) is 4.92. The number of aliphatic imine (C=N–C) groups is 1. The Balaban J connectivity index is 1.85. The number of likely N-dealkylation sites (tertiary alicyclic amines) is 1. The minimum absolute atomic E-state index is 0.0584. The van der Waals surface area contributed by atoms with Crippen molar-refractivity contribution in [1.29, 1.82) is 0 Å². The monoisotopic (exact) mass is 433 g/mol. The van der Waals surface area contributed by atoms with E-state index in [1.54, 1.807) is 25.9 Å². The topological polar surface area (TPSA) is 95.5 Å². The Morgan fingerprint density at radius 2 is 1.87 bits per heavy atom. The van der Waals surface area contributed by atoms with Crippen molar-refractivity contribution < 1.29 is 19.1 Å². The van der Waals surface area contributed by atoms with Gasteiger partial charge in [0.05, 0.1) is 13.2 Å². The third kappa shape index (κ3) is 8.74. The summed E-state index contributed by atoms with van der Waals surface area (Å²) >= 11 is 0. The van der Waals surface area contributed by atoms with Crippen molar-refractivity contribution in [3.8, 4) is 5.75 Å². The van der Waals surface area contributed by atoms with E-state index in [-0.39, 0.29) is 24.6 Å². The van der Waals surface area contributed by atoms with Gasteiger partial charge in [-0.25, -0.2) is 9.79 Å². The molecule has 1 aliphatic rings. The summed E-state index contributed by atoms with van der Waals surface area (Å²) in [6.07, 6.45) is 1.29. The van der Waals surface area contributed by atoms with Crippen molar-refractivity contribution in [2.75, 3.05) is 53.5 Å². The molecule has 2 N–H and O–H groups in total. The summed E-state index contributed by atoms with van der Waals surface area (Å²) in [6, 6.07) is 8.05. The van der Waals surface area contributed by atoms with Crippen LogP contribution in [-0.2, 0) is 9.53 Å². The highest BCUT2D eigenvalue weighted by Crippen LogP contribution is 2.12. The Bertz CT molecular complexity index is 728. The van der Waals surface area contributed by atoms with Crippen LogP contribution in [0.15, 0.2) is 29.3 Å². The van der Waals surface area contributed by atoms with E-state index in [2.05, 4.69) is 15.6 Å². The van der Waals surface area contributed by atoms with E-state index in [1.807, 2.05) is 31.2 Å². The lowest BCUT2D eigenvalue weighted by Crippen LogP contribution is -2.50. The van der Waals surface area contributed by atoms with Gasteiger partial charge in [-0.15, -0.1) is 0 Å². The van der Waals surface area contributed by atoms with E-state index < -0.39 is 0 Å². The largest absolute Gasteiger partial charge is 0.492 e. The second kappa shape index (κ2) is 12.7. The number of amides is 2. The van der Waals surface area contributed by atoms with Crippen LogP contribution in [-0.4, -0.2) is 87.3 Å². The van der Waals surface area contributed by atoms with Gasteiger partial charge in [0, 0.05) is 33.2 Å². The summed E-state index contributed by atoms with van der Waals surface area (Å²) in [7, 11) is 3.41. The van der Waals surface area contributed by atoms with E-state index in [1.165, 1.54) is 10.5 Å². The fourth-order valence-electron chi connectivity index (χ4n) is 3.03. The van der Waals surface area contributed by atoms with Crippen molar-refractivity contribution >= 4 is 18.0 Å². The molecule has 172 valence electrons. The number of hydrogen-bond acceptors (Lipinski definition) is 5. The van der Waals surface area contributed by atoms with Crippen molar-refractivity contribution in [3.63, 3.8) is 0 Å². The fourth-order valence-corrected chi connectivity index (χ4v) is 3.03. The predicted octanol–water partition coefficient (Wildman–Crippen LogP) is 1.62. The van der Waals surface area contributed by atoms with Gasteiger partial charge >= 0.3 is 6.09 Å². The lowest BCUT2D eigenvalue weighted by atomic mass is 10.1. The number of likely N-dealkylation sites (N-methyl/N-ethyl adjacent to an activating group) is 1. The summed E-state index contributed by atoms with van der Waals surface area (Å²) in [5, 5.41) is 6.62. The average Bonchev–Trinajstić information content (AvgIpc) is 2.76. The van der Waals surface area contributed by atoms with E-state index in [4.69, 9.17) is 9.47 Å². The molecule has 0 saturated carbocycles. The standard InChI is InChI=1S/C22H35N5O4/c1-5-30-22(29)27-13-10-18(11-14-27)25-21(24-16-20(28)26(3)4)23-12-15-31-19-8-6-17(2)7-9-19/h6-9,18H,5,10-16H2,1-4H3,(H2,23,24,25). The highest BCUT2D eigenvalue weighted by molar-refractivity contribution is 5.85. The van der Waals surface area contributed by atoms with Crippen LogP contribution in [0.2, 0.25) is 0 Å². The van der Waals surface area contributed by atoms with Gasteiger partial charge in [-0.05, 0) is 38.8 Å². The number of piperidine rings is 1. The Hall–Kier alpha value is -2.97. The van der Waals surface area contributed by atoms with E-state index >= 15 is 0 Å².